The van der Waals surface area contributed by atoms with Crippen LogP contribution >= 0.6 is 0 Å². The molecule has 1 aromatic heterocycles. The molecule has 1 aromatic rings. The molecule has 2 rings (SSSR count). The van der Waals surface area contributed by atoms with E-state index < -0.39 is 11.4 Å². The molecule has 0 spiro atoms. The molecule has 6 heteroatoms. The van der Waals surface area contributed by atoms with Gasteiger partial charge in [-0.05, 0) is 13.8 Å². The summed E-state index contributed by atoms with van der Waals surface area (Å²) in [5.41, 5.74) is 5.23. The number of ether oxygens (including phenoxy) is 2. The number of rotatable bonds is 3. The van der Waals surface area contributed by atoms with E-state index in [0.29, 0.717) is 38.5 Å². The minimum absolute atomic E-state index is 0.122. The summed E-state index contributed by atoms with van der Waals surface area (Å²) in [6, 6.07) is 0. The van der Waals surface area contributed by atoms with Crippen LogP contribution in [0.1, 0.15) is 31.3 Å². The number of aromatic nitrogens is 2. The van der Waals surface area contributed by atoms with Gasteiger partial charge in [0.05, 0.1) is 5.69 Å². The number of aryl methyl sites for hydroxylation is 1. The summed E-state index contributed by atoms with van der Waals surface area (Å²) in [4.78, 5) is 8.26. The van der Waals surface area contributed by atoms with Crippen molar-refractivity contribution < 1.29 is 13.9 Å². The lowest BCUT2D eigenvalue weighted by molar-refractivity contribution is -0.117. The van der Waals surface area contributed by atoms with Crippen molar-refractivity contribution >= 4 is 5.82 Å². The third-order valence-corrected chi connectivity index (χ3v) is 3.17. The van der Waals surface area contributed by atoms with Crippen molar-refractivity contribution in [3.63, 3.8) is 0 Å². The van der Waals surface area contributed by atoms with Crippen LogP contribution in [-0.4, -0.2) is 29.8 Å². The van der Waals surface area contributed by atoms with Crippen molar-refractivity contribution in [1.29, 1.82) is 0 Å². The summed E-state index contributed by atoms with van der Waals surface area (Å²) in [6.07, 6.45) is 1.32. The third kappa shape index (κ3) is 2.30. The lowest BCUT2D eigenvalue weighted by atomic mass is 9.92. The van der Waals surface area contributed by atoms with E-state index >= 15 is 0 Å². The fraction of sp³-hybridized carbons (Fsp3) is 0.667. The fourth-order valence-electron chi connectivity index (χ4n) is 2.20. The van der Waals surface area contributed by atoms with E-state index in [0.717, 1.165) is 0 Å². The number of nitrogens with zero attached hydrogens (tertiary/aromatic N) is 2. The van der Waals surface area contributed by atoms with Crippen LogP contribution in [0.5, 0.6) is 0 Å². The average Bonchev–Trinajstić information content (AvgIpc) is 2.37. The minimum atomic E-state index is -0.598. The van der Waals surface area contributed by atoms with Crippen molar-refractivity contribution in [2.24, 2.45) is 0 Å². The predicted molar refractivity (Wildman–Crippen MR) is 64.5 cm³/mol. The number of hydrogen-bond acceptors (Lipinski definition) is 5. The Morgan fingerprint density at radius 1 is 1.39 bits per heavy atom. The summed E-state index contributed by atoms with van der Waals surface area (Å²) in [5.74, 6) is -0.218. The Balaban J connectivity index is 2.42. The van der Waals surface area contributed by atoms with E-state index in [1.807, 2.05) is 6.92 Å². The molecule has 0 unspecified atom stereocenters. The zero-order valence-electron chi connectivity index (χ0n) is 10.7. The van der Waals surface area contributed by atoms with Crippen LogP contribution in [0.3, 0.4) is 0 Å². The standard InChI is InChI=1S/C12H18FN3O2/c1-3-18-12(4-6-17-7-5-12)11-15-8(2)9(13)10(14)16-11/h3-7H2,1-2H3,(H2,14,15,16). The Hall–Kier alpha value is -1.27. The SMILES string of the molecule is CCOC1(c2nc(C)c(F)c(N)n2)CCOCC1. The smallest absolute Gasteiger partial charge is 0.186 e. The molecule has 2 heterocycles. The third-order valence-electron chi connectivity index (χ3n) is 3.17. The van der Waals surface area contributed by atoms with Crippen molar-refractivity contribution in [3.8, 4) is 0 Å². The van der Waals surface area contributed by atoms with Gasteiger partial charge >= 0.3 is 0 Å². The summed E-state index contributed by atoms with van der Waals surface area (Å²) >= 11 is 0. The van der Waals surface area contributed by atoms with E-state index in [2.05, 4.69) is 9.97 Å². The van der Waals surface area contributed by atoms with E-state index in [1.165, 1.54) is 0 Å². The van der Waals surface area contributed by atoms with E-state index in [9.17, 15) is 4.39 Å². The monoisotopic (exact) mass is 255 g/mol. The van der Waals surface area contributed by atoms with Crippen LogP contribution in [0.4, 0.5) is 10.2 Å². The molecule has 18 heavy (non-hydrogen) atoms. The largest absolute Gasteiger partial charge is 0.381 e. The summed E-state index contributed by atoms with van der Waals surface area (Å²) in [6.45, 7) is 5.20. The van der Waals surface area contributed by atoms with Crippen LogP contribution < -0.4 is 5.73 Å². The maximum Gasteiger partial charge on any atom is 0.186 e. The van der Waals surface area contributed by atoms with Gasteiger partial charge in [-0.3, -0.25) is 0 Å². The van der Waals surface area contributed by atoms with Crippen LogP contribution in [-0.2, 0) is 15.1 Å². The summed E-state index contributed by atoms with van der Waals surface area (Å²) < 4.78 is 24.6. The van der Waals surface area contributed by atoms with Gasteiger partial charge in [-0.15, -0.1) is 0 Å². The highest BCUT2D eigenvalue weighted by atomic mass is 19.1. The Morgan fingerprint density at radius 3 is 2.61 bits per heavy atom. The molecule has 5 nitrogen and oxygen atoms in total. The van der Waals surface area contributed by atoms with Gasteiger partial charge in [0.25, 0.3) is 0 Å². The van der Waals surface area contributed by atoms with Crippen molar-refractivity contribution in [3.05, 3.63) is 17.3 Å². The first-order chi connectivity index (χ1) is 8.59. The second-order valence-electron chi connectivity index (χ2n) is 4.37. The molecule has 100 valence electrons. The van der Waals surface area contributed by atoms with Gasteiger partial charge in [0, 0.05) is 32.7 Å². The molecule has 0 amide bonds. The molecule has 0 bridgehead atoms. The normalized spacial score (nSPS) is 18.8. The maximum absolute atomic E-state index is 13.5. The quantitative estimate of drug-likeness (QED) is 0.887. The molecule has 0 atom stereocenters. The molecule has 0 saturated carbocycles. The lowest BCUT2D eigenvalue weighted by Crippen LogP contribution is -2.38. The van der Waals surface area contributed by atoms with Gasteiger partial charge in [0.15, 0.2) is 17.5 Å². The van der Waals surface area contributed by atoms with Gasteiger partial charge in [0.2, 0.25) is 0 Å². The number of anilines is 1. The maximum atomic E-state index is 13.5. The van der Waals surface area contributed by atoms with Gasteiger partial charge in [-0.25, -0.2) is 14.4 Å². The minimum Gasteiger partial charge on any atom is -0.381 e. The van der Waals surface area contributed by atoms with E-state index in [1.54, 1.807) is 6.92 Å². The first-order valence-corrected chi connectivity index (χ1v) is 6.11. The fourth-order valence-corrected chi connectivity index (χ4v) is 2.20. The highest BCUT2D eigenvalue weighted by Gasteiger charge is 2.38. The first kappa shape index (κ1) is 13.2. The number of halogens is 1. The highest BCUT2D eigenvalue weighted by Crippen LogP contribution is 2.34. The predicted octanol–water partition coefficient (Wildman–Crippen LogP) is 1.55. The average molecular weight is 255 g/mol. The zero-order valence-corrected chi connectivity index (χ0v) is 10.7. The molecule has 0 radical (unpaired) electrons. The Labute approximate surface area is 106 Å². The van der Waals surface area contributed by atoms with Gasteiger partial charge in [0.1, 0.15) is 5.60 Å². The Bertz CT molecular complexity index is 405. The number of nitrogen functional groups attached to an aromatic ring is 1. The molecule has 1 saturated heterocycles. The zero-order chi connectivity index (χ0) is 13.2. The molecular formula is C12H18FN3O2. The molecule has 1 fully saturated rings. The molecular weight excluding hydrogens is 237 g/mol. The van der Waals surface area contributed by atoms with Crippen LogP contribution in [0.2, 0.25) is 0 Å². The van der Waals surface area contributed by atoms with Gasteiger partial charge in [-0.2, -0.15) is 0 Å². The first-order valence-electron chi connectivity index (χ1n) is 6.11. The molecule has 0 aliphatic carbocycles. The topological polar surface area (TPSA) is 70.3 Å². The summed E-state index contributed by atoms with van der Waals surface area (Å²) in [7, 11) is 0. The molecule has 0 aromatic carbocycles. The number of hydrogen-bond donors (Lipinski definition) is 1. The molecule has 1 aliphatic heterocycles. The second kappa shape index (κ2) is 5.16. The van der Waals surface area contributed by atoms with Crippen LogP contribution in [0, 0.1) is 12.7 Å². The lowest BCUT2D eigenvalue weighted by Gasteiger charge is -2.35. The Kier molecular flexibility index (Phi) is 3.77. The van der Waals surface area contributed by atoms with Gasteiger partial charge in [-0.1, -0.05) is 0 Å². The van der Waals surface area contributed by atoms with E-state index in [4.69, 9.17) is 15.2 Å². The van der Waals surface area contributed by atoms with Crippen molar-refractivity contribution in [2.45, 2.75) is 32.3 Å². The van der Waals surface area contributed by atoms with E-state index in [-0.39, 0.29) is 11.5 Å². The number of nitrogens with two attached hydrogens (primary N) is 1. The molecule has 1 aliphatic rings. The van der Waals surface area contributed by atoms with Crippen LogP contribution in [0.15, 0.2) is 0 Å². The van der Waals surface area contributed by atoms with Crippen molar-refractivity contribution in [1.82, 2.24) is 9.97 Å². The Morgan fingerprint density at radius 2 is 2.06 bits per heavy atom. The second-order valence-corrected chi connectivity index (χ2v) is 4.37. The van der Waals surface area contributed by atoms with Gasteiger partial charge < -0.3 is 15.2 Å². The van der Waals surface area contributed by atoms with Crippen molar-refractivity contribution in [2.75, 3.05) is 25.6 Å². The highest BCUT2D eigenvalue weighted by molar-refractivity contribution is 5.33. The summed E-state index contributed by atoms with van der Waals surface area (Å²) in [5, 5.41) is 0. The molecule has 2 N–H and O–H groups in total. The van der Waals surface area contributed by atoms with Crippen LogP contribution in [0.25, 0.3) is 0 Å².